The first-order chi connectivity index (χ1) is 11.8. The standard InChI is InChI=1S/C23H30O2/c1-6-15-13-23(4)16(12-20(15)25-5)7-8-17-18(23)9-10-22(3)19(17)11-14(2)21(22)24/h1,7,9,12,14-15,17,19,21,24H,8,10-11,13H2,2-5H3/t14-,15?,17+,19-,21-,22-,23-/m0/s1. The first-order valence-electron chi connectivity index (χ1n) is 9.66. The molecule has 1 fully saturated rings. The molecule has 134 valence electrons. The van der Waals surface area contributed by atoms with Crippen molar-refractivity contribution in [2.45, 2.75) is 52.6 Å². The highest BCUT2D eigenvalue weighted by Gasteiger charge is 2.57. The molecule has 1 unspecified atom stereocenters. The van der Waals surface area contributed by atoms with E-state index in [2.05, 4.69) is 44.9 Å². The molecule has 1 N–H and O–H groups in total. The summed E-state index contributed by atoms with van der Waals surface area (Å²) in [4.78, 5) is 0. The third-order valence-corrected chi connectivity index (χ3v) is 7.89. The maximum Gasteiger partial charge on any atom is 0.111 e. The van der Waals surface area contributed by atoms with Gasteiger partial charge in [-0.15, -0.1) is 6.42 Å². The molecule has 2 heteroatoms. The van der Waals surface area contributed by atoms with E-state index in [4.69, 9.17) is 11.2 Å². The molecule has 0 bridgehead atoms. The van der Waals surface area contributed by atoms with Gasteiger partial charge in [-0.3, -0.25) is 0 Å². The van der Waals surface area contributed by atoms with Gasteiger partial charge >= 0.3 is 0 Å². The van der Waals surface area contributed by atoms with Crippen molar-refractivity contribution >= 4 is 0 Å². The highest BCUT2D eigenvalue weighted by molar-refractivity contribution is 5.47. The Morgan fingerprint density at radius 1 is 1.32 bits per heavy atom. The maximum atomic E-state index is 10.8. The van der Waals surface area contributed by atoms with Gasteiger partial charge < -0.3 is 9.84 Å². The van der Waals surface area contributed by atoms with Crippen LogP contribution in [0.25, 0.3) is 0 Å². The van der Waals surface area contributed by atoms with E-state index in [1.165, 1.54) is 5.57 Å². The molecule has 0 spiro atoms. The molecule has 0 heterocycles. The number of terminal acetylenes is 1. The van der Waals surface area contributed by atoms with E-state index in [1.54, 1.807) is 12.7 Å². The van der Waals surface area contributed by atoms with Crippen LogP contribution in [0.3, 0.4) is 0 Å². The predicted octanol–water partition coefficient (Wildman–Crippen LogP) is 4.48. The first-order valence-corrected chi connectivity index (χ1v) is 9.66. The van der Waals surface area contributed by atoms with Gasteiger partial charge in [0.05, 0.1) is 19.1 Å². The lowest BCUT2D eigenvalue weighted by atomic mass is 9.52. The molecule has 0 saturated heterocycles. The number of methoxy groups -OCH3 is 1. The van der Waals surface area contributed by atoms with E-state index in [-0.39, 0.29) is 22.9 Å². The van der Waals surface area contributed by atoms with Gasteiger partial charge in [0.1, 0.15) is 5.76 Å². The molecule has 4 aliphatic carbocycles. The van der Waals surface area contributed by atoms with Gasteiger partial charge in [-0.25, -0.2) is 0 Å². The van der Waals surface area contributed by atoms with Crippen molar-refractivity contribution in [3.63, 3.8) is 0 Å². The third kappa shape index (κ3) is 2.15. The monoisotopic (exact) mass is 338 g/mol. The Hall–Kier alpha value is -1.46. The summed E-state index contributed by atoms with van der Waals surface area (Å²) in [6.07, 6.45) is 16.8. The molecule has 0 aromatic carbocycles. The average molecular weight is 338 g/mol. The van der Waals surface area contributed by atoms with Crippen LogP contribution in [0.15, 0.2) is 35.1 Å². The van der Waals surface area contributed by atoms with E-state index >= 15 is 0 Å². The number of hydrogen-bond acceptors (Lipinski definition) is 2. The fourth-order valence-electron chi connectivity index (χ4n) is 6.39. The summed E-state index contributed by atoms with van der Waals surface area (Å²) >= 11 is 0. The molecular weight excluding hydrogens is 308 g/mol. The summed E-state index contributed by atoms with van der Waals surface area (Å²) < 4.78 is 5.56. The SMILES string of the molecule is C#CC1C[C@@]2(C)C(=CC[C@@H]3C2=CC[C@]2(C)[C@@H](O)[C@@H](C)C[C@@H]32)C=C1OC. The summed E-state index contributed by atoms with van der Waals surface area (Å²) in [5.41, 5.74) is 2.98. The number of fused-ring (bicyclic) bond motifs is 5. The molecule has 0 aromatic heterocycles. The minimum absolute atomic E-state index is 0.0140. The quantitative estimate of drug-likeness (QED) is 0.564. The Morgan fingerprint density at radius 3 is 2.76 bits per heavy atom. The van der Waals surface area contributed by atoms with Crippen molar-refractivity contribution < 1.29 is 9.84 Å². The van der Waals surface area contributed by atoms with Crippen molar-refractivity contribution in [1.82, 2.24) is 0 Å². The van der Waals surface area contributed by atoms with Crippen LogP contribution in [-0.4, -0.2) is 18.3 Å². The summed E-state index contributed by atoms with van der Waals surface area (Å²) in [5.74, 6) is 5.43. The summed E-state index contributed by atoms with van der Waals surface area (Å²) in [5, 5.41) is 10.8. The zero-order valence-electron chi connectivity index (χ0n) is 15.9. The van der Waals surface area contributed by atoms with Gasteiger partial charge in [0.25, 0.3) is 0 Å². The van der Waals surface area contributed by atoms with Crippen LogP contribution in [0.1, 0.15) is 46.5 Å². The van der Waals surface area contributed by atoms with Crippen LogP contribution in [0.2, 0.25) is 0 Å². The molecule has 1 saturated carbocycles. The van der Waals surface area contributed by atoms with E-state index in [0.29, 0.717) is 17.8 Å². The minimum Gasteiger partial charge on any atom is -0.500 e. The topological polar surface area (TPSA) is 29.5 Å². The van der Waals surface area contributed by atoms with Crippen LogP contribution >= 0.6 is 0 Å². The van der Waals surface area contributed by atoms with Gasteiger partial charge in [0, 0.05) is 10.8 Å². The molecule has 7 atom stereocenters. The number of aliphatic hydroxyl groups excluding tert-OH is 1. The Bertz CT molecular complexity index is 721. The highest BCUT2D eigenvalue weighted by atomic mass is 16.5. The molecule has 2 nitrogen and oxygen atoms in total. The maximum absolute atomic E-state index is 10.8. The normalized spacial score (nSPS) is 48.2. The van der Waals surface area contributed by atoms with Gasteiger partial charge in [-0.1, -0.05) is 44.4 Å². The number of allylic oxidation sites excluding steroid dienone is 6. The second kappa shape index (κ2) is 5.52. The summed E-state index contributed by atoms with van der Waals surface area (Å²) in [7, 11) is 1.72. The van der Waals surface area contributed by atoms with E-state index < -0.39 is 0 Å². The smallest absolute Gasteiger partial charge is 0.111 e. The highest BCUT2D eigenvalue weighted by Crippen LogP contribution is 2.63. The van der Waals surface area contributed by atoms with Crippen molar-refractivity contribution in [2.24, 2.45) is 34.5 Å². The molecule has 0 aromatic rings. The second-order valence-corrected chi connectivity index (χ2v) is 9.14. The van der Waals surface area contributed by atoms with Crippen LogP contribution in [0, 0.1) is 46.8 Å². The fourth-order valence-corrected chi connectivity index (χ4v) is 6.39. The molecule has 4 rings (SSSR count). The Labute approximate surface area is 152 Å². The molecule has 0 radical (unpaired) electrons. The van der Waals surface area contributed by atoms with E-state index in [9.17, 15) is 5.11 Å². The van der Waals surface area contributed by atoms with Crippen molar-refractivity contribution in [3.8, 4) is 12.3 Å². The van der Waals surface area contributed by atoms with Crippen molar-refractivity contribution in [3.05, 3.63) is 35.1 Å². The Balaban J connectivity index is 1.77. The van der Waals surface area contributed by atoms with Crippen molar-refractivity contribution in [1.29, 1.82) is 0 Å². The van der Waals surface area contributed by atoms with Gasteiger partial charge in [0.15, 0.2) is 0 Å². The zero-order valence-corrected chi connectivity index (χ0v) is 15.9. The van der Waals surface area contributed by atoms with Gasteiger partial charge in [-0.2, -0.15) is 0 Å². The number of ether oxygens (including phenoxy) is 1. The molecule has 0 aliphatic heterocycles. The largest absolute Gasteiger partial charge is 0.500 e. The molecule has 4 aliphatic rings. The van der Waals surface area contributed by atoms with Gasteiger partial charge in [0.2, 0.25) is 0 Å². The second-order valence-electron chi connectivity index (χ2n) is 9.14. The lowest BCUT2D eigenvalue weighted by molar-refractivity contribution is 0.00334. The van der Waals surface area contributed by atoms with Crippen LogP contribution in [0.5, 0.6) is 0 Å². The molecule has 25 heavy (non-hydrogen) atoms. The summed E-state index contributed by atoms with van der Waals surface area (Å²) in [6.45, 7) is 6.87. The zero-order chi connectivity index (χ0) is 18.0. The van der Waals surface area contributed by atoms with Gasteiger partial charge in [-0.05, 0) is 55.1 Å². The Morgan fingerprint density at radius 2 is 2.08 bits per heavy atom. The van der Waals surface area contributed by atoms with Crippen LogP contribution in [0.4, 0.5) is 0 Å². The minimum atomic E-state index is -0.182. The van der Waals surface area contributed by atoms with E-state index in [1.807, 2.05) is 0 Å². The molecule has 0 amide bonds. The Kier molecular flexibility index (Phi) is 3.75. The number of hydrogen-bond donors (Lipinski definition) is 1. The fraction of sp³-hybridized carbons (Fsp3) is 0.652. The van der Waals surface area contributed by atoms with Crippen LogP contribution in [-0.2, 0) is 4.74 Å². The van der Waals surface area contributed by atoms with Crippen LogP contribution < -0.4 is 0 Å². The summed E-state index contributed by atoms with van der Waals surface area (Å²) in [6, 6.07) is 0. The number of aliphatic hydroxyl groups is 1. The number of rotatable bonds is 1. The van der Waals surface area contributed by atoms with Crippen molar-refractivity contribution in [2.75, 3.05) is 7.11 Å². The lowest BCUT2D eigenvalue weighted by Crippen LogP contribution is -2.45. The van der Waals surface area contributed by atoms with E-state index in [0.717, 1.165) is 31.4 Å². The molecular formula is C23H30O2. The third-order valence-electron chi connectivity index (χ3n) is 7.89. The lowest BCUT2D eigenvalue weighted by Gasteiger charge is -2.52. The average Bonchev–Trinajstić information content (AvgIpc) is 2.84. The first kappa shape index (κ1) is 17.0. The predicted molar refractivity (Wildman–Crippen MR) is 100 cm³/mol.